The Balaban J connectivity index is 1.88. The van der Waals surface area contributed by atoms with Crippen molar-refractivity contribution in [2.45, 2.75) is 38.1 Å². The van der Waals surface area contributed by atoms with E-state index in [4.69, 9.17) is 0 Å². The molecule has 0 unspecified atom stereocenters. The van der Waals surface area contributed by atoms with Crippen LogP contribution in [0, 0.1) is 28.5 Å². The van der Waals surface area contributed by atoms with E-state index in [0.717, 1.165) is 0 Å². The summed E-state index contributed by atoms with van der Waals surface area (Å²) >= 11 is 1.20. The third-order valence-electron chi connectivity index (χ3n) is 5.93. The van der Waals surface area contributed by atoms with Crippen molar-refractivity contribution in [1.82, 2.24) is 26.1 Å². The molecule has 0 radical (unpaired) electrons. The first kappa shape index (κ1) is 28.9. The van der Waals surface area contributed by atoms with E-state index < -0.39 is 5.54 Å². The predicted octanol–water partition coefficient (Wildman–Crippen LogP) is 4.11. The van der Waals surface area contributed by atoms with Crippen molar-refractivity contribution in [2.24, 2.45) is 4.99 Å². The number of anilines is 1. The van der Waals surface area contributed by atoms with E-state index in [1.807, 2.05) is 6.92 Å². The van der Waals surface area contributed by atoms with Crippen LogP contribution in [0.25, 0.3) is 11.3 Å². The highest BCUT2D eigenvalue weighted by atomic mass is 32.1. The van der Waals surface area contributed by atoms with Crippen LogP contribution < -0.4 is 21.0 Å². The van der Waals surface area contributed by atoms with Crippen LogP contribution in [0.4, 0.5) is 9.52 Å². The van der Waals surface area contributed by atoms with Gasteiger partial charge in [-0.1, -0.05) is 31.4 Å². The number of carbonyl (C=O) groups excluding carboxylic acids is 1. The zero-order chi connectivity index (χ0) is 28.6. The standard InChI is InChI=1S/C27H30FN9OS/c1-6-20(35-37(5)22(31-7-2)15-23(38)34-27(17-30)13-14-27)25(32-8-3)36(4)26-33-24(21(16-29)39-26)18-9-11-19(28)12-10-18/h7-12,32,35H,2-3,6,13-15H2,1,4-5H3,(H,34,38)/b25-20+,31-22-. The van der Waals surface area contributed by atoms with Crippen LogP contribution in [-0.2, 0) is 4.79 Å². The normalized spacial score (nSPS) is 14.2. The number of carbonyl (C=O) groups is 1. The molecule has 0 spiro atoms. The Labute approximate surface area is 231 Å². The SMILES string of the molecule is C=C/N=C(/CC(=O)NC1(C#N)CC1)N(C)N/C(CC)=C(\NC=C)N(C)c1nc(-c2ccc(F)cc2)c(C#N)s1. The Morgan fingerprint density at radius 3 is 2.51 bits per heavy atom. The molecule has 1 fully saturated rings. The van der Waals surface area contributed by atoms with Crippen molar-refractivity contribution in [3.8, 4) is 23.4 Å². The van der Waals surface area contributed by atoms with Crippen LogP contribution in [0.15, 0.2) is 66.3 Å². The van der Waals surface area contributed by atoms with E-state index in [-0.39, 0.29) is 18.1 Å². The number of allylic oxidation sites excluding steroid dienone is 1. The van der Waals surface area contributed by atoms with Crippen LogP contribution in [0.1, 0.15) is 37.5 Å². The summed E-state index contributed by atoms with van der Waals surface area (Å²) in [5, 5.41) is 27.0. The Kier molecular flexibility index (Phi) is 9.42. The molecule has 3 rings (SSSR count). The Morgan fingerprint density at radius 2 is 1.97 bits per heavy atom. The lowest BCUT2D eigenvalue weighted by atomic mass is 10.1. The van der Waals surface area contributed by atoms with E-state index in [1.54, 1.807) is 36.1 Å². The van der Waals surface area contributed by atoms with Crippen molar-refractivity contribution < 1.29 is 9.18 Å². The summed E-state index contributed by atoms with van der Waals surface area (Å²) in [5.41, 5.74) is 4.30. The average Bonchev–Trinajstić information content (AvgIpc) is 3.56. The van der Waals surface area contributed by atoms with Crippen LogP contribution in [0.2, 0.25) is 0 Å². The molecule has 3 N–H and O–H groups in total. The van der Waals surface area contributed by atoms with Gasteiger partial charge in [-0.2, -0.15) is 10.5 Å². The predicted molar refractivity (Wildman–Crippen MR) is 150 cm³/mol. The highest BCUT2D eigenvalue weighted by Gasteiger charge is 2.44. The molecule has 1 heterocycles. The lowest BCUT2D eigenvalue weighted by Crippen LogP contribution is -2.45. The summed E-state index contributed by atoms with van der Waals surface area (Å²) in [5.74, 6) is 0.309. The van der Waals surface area contributed by atoms with Gasteiger partial charge in [0, 0.05) is 25.9 Å². The highest BCUT2D eigenvalue weighted by molar-refractivity contribution is 7.16. The fourth-order valence-electron chi connectivity index (χ4n) is 3.68. The number of aliphatic imine (C=N–C) groups is 1. The first-order valence-electron chi connectivity index (χ1n) is 12.1. The number of nitriles is 2. The Morgan fingerprint density at radius 1 is 1.28 bits per heavy atom. The maximum Gasteiger partial charge on any atom is 0.228 e. The number of benzene rings is 1. The minimum atomic E-state index is -0.774. The van der Waals surface area contributed by atoms with E-state index in [1.165, 1.54) is 35.9 Å². The molecule has 0 atom stereocenters. The largest absolute Gasteiger partial charge is 0.347 e. The number of hydrogen-bond acceptors (Lipinski definition) is 9. The second-order valence-corrected chi connectivity index (χ2v) is 9.68. The highest BCUT2D eigenvalue weighted by Crippen LogP contribution is 2.35. The van der Waals surface area contributed by atoms with Gasteiger partial charge in [0.15, 0.2) is 5.13 Å². The second kappa shape index (κ2) is 12.7. The zero-order valence-electron chi connectivity index (χ0n) is 22.1. The zero-order valence-corrected chi connectivity index (χ0v) is 22.9. The van der Waals surface area contributed by atoms with Crippen molar-refractivity contribution in [3.05, 3.63) is 72.0 Å². The number of amides is 1. The molecule has 2 aromatic rings. The number of nitrogens with zero attached hydrogens (tertiary/aromatic N) is 6. The smallest absolute Gasteiger partial charge is 0.228 e. The van der Waals surface area contributed by atoms with Gasteiger partial charge in [0.1, 0.15) is 39.7 Å². The number of halogens is 1. The molecule has 202 valence electrons. The van der Waals surface area contributed by atoms with E-state index in [0.29, 0.717) is 57.9 Å². The summed E-state index contributed by atoms with van der Waals surface area (Å²) in [6.07, 6.45) is 4.61. The van der Waals surface area contributed by atoms with Crippen LogP contribution in [-0.4, -0.2) is 41.4 Å². The van der Waals surface area contributed by atoms with Gasteiger partial charge in [0.25, 0.3) is 0 Å². The summed E-state index contributed by atoms with van der Waals surface area (Å²) < 4.78 is 13.4. The van der Waals surface area contributed by atoms with Crippen LogP contribution >= 0.6 is 11.3 Å². The van der Waals surface area contributed by atoms with E-state index in [9.17, 15) is 19.7 Å². The van der Waals surface area contributed by atoms with Crippen molar-refractivity contribution in [3.63, 3.8) is 0 Å². The molecule has 1 amide bonds. The quantitative estimate of drug-likeness (QED) is 0.205. The number of nitrogens with one attached hydrogen (secondary N) is 3. The minimum absolute atomic E-state index is 0.0605. The first-order valence-corrected chi connectivity index (χ1v) is 12.9. The van der Waals surface area contributed by atoms with Gasteiger partial charge in [-0.15, -0.1) is 0 Å². The second-order valence-electron chi connectivity index (χ2n) is 8.70. The summed E-state index contributed by atoms with van der Waals surface area (Å²) in [7, 11) is 3.51. The molecule has 1 saturated carbocycles. The molecule has 10 nitrogen and oxygen atoms in total. The van der Waals surface area contributed by atoms with Gasteiger partial charge in [-0.25, -0.2) is 14.4 Å². The van der Waals surface area contributed by atoms with Crippen molar-refractivity contribution in [2.75, 3.05) is 19.0 Å². The summed E-state index contributed by atoms with van der Waals surface area (Å²) in [4.78, 5) is 23.7. The fraction of sp³-hybridized carbons (Fsp3) is 0.296. The van der Waals surface area contributed by atoms with E-state index >= 15 is 0 Å². The maximum atomic E-state index is 13.4. The Bertz CT molecular complexity index is 1380. The molecular weight excluding hydrogens is 517 g/mol. The van der Waals surface area contributed by atoms with Gasteiger partial charge in [0.05, 0.1) is 18.2 Å². The van der Waals surface area contributed by atoms with Gasteiger partial charge in [-0.05, 0) is 49.7 Å². The fourth-order valence-corrected chi connectivity index (χ4v) is 4.53. The number of hydrogen-bond donors (Lipinski definition) is 3. The van der Waals surface area contributed by atoms with E-state index in [2.05, 4.69) is 51.3 Å². The van der Waals surface area contributed by atoms with Crippen molar-refractivity contribution >= 4 is 28.2 Å². The van der Waals surface area contributed by atoms with Gasteiger partial charge in [0.2, 0.25) is 5.91 Å². The third-order valence-corrected chi connectivity index (χ3v) is 6.96. The monoisotopic (exact) mass is 547 g/mol. The lowest BCUT2D eigenvalue weighted by molar-refractivity contribution is -0.120. The Hall–Kier alpha value is -4.68. The number of hydrazine groups is 1. The maximum absolute atomic E-state index is 13.4. The molecule has 0 aliphatic heterocycles. The number of thiazole rings is 1. The molecule has 39 heavy (non-hydrogen) atoms. The summed E-state index contributed by atoms with van der Waals surface area (Å²) in [6, 6.07) is 10.1. The number of aromatic nitrogens is 1. The summed E-state index contributed by atoms with van der Waals surface area (Å²) in [6.45, 7) is 9.38. The first-order chi connectivity index (χ1) is 18.7. The number of rotatable bonds is 12. The van der Waals surface area contributed by atoms with Crippen LogP contribution in [0.5, 0.6) is 0 Å². The third kappa shape index (κ3) is 7.00. The molecular formula is C27H30FN9OS. The van der Waals surface area contributed by atoms with Gasteiger partial charge >= 0.3 is 0 Å². The lowest BCUT2D eigenvalue weighted by Gasteiger charge is -2.29. The van der Waals surface area contributed by atoms with Crippen molar-refractivity contribution in [1.29, 1.82) is 10.5 Å². The molecule has 0 saturated heterocycles. The molecule has 1 aliphatic carbocycles. The van der Waals surface area contributed by atoms with Gasteiger partial charge in [-0.3, -0.25) is 15.2 Å². The molecule has 12 heteroatoms. The topological polar surface area (TPSA) is 132 Å². The molecule has 1 aliphatic rings. The van der Waals surface area contributed by atoms with Crippen LogP contribution in [0.3, 0.4) is 0 Å². The van der Waals surface area contributed by atoms with Gasteiger partial charge < -0.3 is 15.5 Å². The minimum Gasteiger partial charge on any atom is -0.347 e. The average molecular weight is 548 g/mol. The molecule has 1 aromatic carbocycles. The molecule has 1 aromatic heterocycles. The number of amidine groups is 1. The molecule has 0 bridgehead atoms.